The summed E-state index contributed by atoms with van der Waals surface area (Å²) >= 11 is 6.32. The van der Waals surface area contributed by atoms with Crippen molar-refractivity contribution in [3.63, 3.8) is 0 Å². The molecule has 4 aliphatic rings. The molecule has 2 saturated heterocycles. The van der Waals surface area contributed by atoms with E-state index < -0.39 is 5.97 Å². The second-order valence-electron chi connectivity index (χ2n) is 15.0. The molecule has 2 aromatic carbocycles. The number of carboxylic acids is 1. The number of rotatable bonds is 4. The fraction of sp³-hybridized carbons (Fsp3) is 0.450. The average molecular weight is 712 g/mol. The molecule has 0 unspecified atom stereocenters. The molecule has 0 amide bonds. The van der Waals surface area contributed by atoms with Crippen molar-refractivity contribution in [3.8, 4) is 5.88 Å². The summed E-state index contributed by atoms with van der Waals surface area (Å²) in [6.07, 6.45) is 5.46. The van der Waals surface area contributed by atoms with E-state index in [0.717, 1.165) is 79.3 Å². The number of carbonyl (C=O) groups is 1. The highest BCUT2D eigenvalue weighted by Gasteiger charge is 2.38. The van der Waals surface area contributed by atoms with Gasteiger partial charge in [-0.15, -0.1) is 0 Å². The number of hydrogen-bond acceptors (Lipinski definition) is 8. The van der Waals surface area contributed by atoms with Crippen LogP contribution >= 0.6 is 11.6 Å². The Morgan fingerprint density at radius 3 is 2.71 bits per heavy atom. The number of piperazine rings is 1. The van der Waals surface area contributed by atoms with Gasteiger partial charge in [-0.1, -0.05) is 37.6 Å². The second-order valence-corrected chi connectivity index (χ2v) is 15.4. The Labute approximate surface area is 303 Å². The minimum absolute atomic E-state index is 0.0461. The first kappa shape index (κ1) is 34.0. The molecule has 51 heavy (non-hydrogen) atoms. The van der Waals surface area contributed by atoms with Crippen LogP contribution in [0.2, 0.25) is 5.02 Å². The Hall–Kier alpha value is -4.09. The van der Waals surface area contributed by atoms with Crippen LogP contribution in [0.1, 0.15) is 55.5 Å². The molecule has 1 aliphatic carbocycles. The van der Waals surface area contributed by atoms with Gasteiger partial charge in [-0.25, -0.2) is 4.79 Å². The first-order valence-corrected chi connectivity index (χ1v) is 18.5. The minimum Gasteiger partial charge on any atom is -0.478 e. The molecule has 2 atom stereocenters. The topological polar surface area (TPSA) is 103 Å². The van der Waals surface area contributed by atoms with Gasteiger partial charge in [0.05, 0.1) is 36.6 Å². The maximum Gasteiger partial charge on any atom is 0.337 e. The normalized spacial score (nSPS) is 23.0. The third-order valence-electron chi connectivity index (χ3n) is 10.8. The predicted octanol–water partition coefficient (Wildman–Crippen LogP) is 7.41. The van der Waals surface area contributed by atoms with Crippen LogP contribution in [0.15, 0.2) is 66.4 Å². The summed E-state index contributed by atoms with van der Waals surface area (Å²) < 4.78 is 19.0. The Balaban J connectivity index is 1.12. The number of benzene rings is 2. The number of fused-ring (bicyclic) bond motifs is 4. The van der Waals surface area contributed by atoms with Gasteiger partial charge in [0, 0.05) is 68.2 Å². The molecule has 0 bridgehead atoms. The zero-order valence-electron chi connectivity index (χ0n) is 29.4. The van der Waals surface area contributed by atoms with Gasteiger partial charge in [-0.2, -0.15) is 4.98 Å². The number of aromatic carboxylic acids is 1. The monoisotopic (exact) mass is 711 g/mol. The number of nitrogens with one attached hydrogen (secondary N) is 1. The zero-order chi connectivity index (χ0) is 35.1. The van der Waals surface area contributed by atoms with Crippen molar-refractivity contribution in [1.82, 2.24) is 14.9 Å². The molecule has 4 aromatic rings. The quantitative estimate of drug-likeness (QED) is 0.224. The number of aromatic nitrogens is 2. The molecule has 268 valence electrons. The van der Waals surface area contributed by atoms with Crippen molar-refractivity contribution >= 4 is 51.2 Å². The molecule has 8 rings (SSSR count). The SMILES string of the molecule is CC1(C)CC(c2ccc(Cl)cc2)=C2CN3CCN(c4ccc(C(=O)O)c(N5CCCOc6nc7[nH]ccc7cc65)c4)C[C@H]3COCCCO[C@@H]2C1. The highest BCUT2D eigenvalue weighted by molar-refractivity contribution is 6.30. The Kier molecular flexibility index (Phi) is 9.44. The summed E-state index contributed by atoms with van der Waals surface area (Å²) in [5.74, 6) is -0.453. The molecule has 10 nitrogen and oxygen atoms in total. The molecule has 2 N–H and O–H groups in total. The summed E-state index contributed by atoms with van der Waals surface area (Å²) in [6, 6.07) is 18.2. The number of nitrogens with zero attached hydrogens (tertiary/aromatic N) is 4. The number of carboxylic acid groups (broad SMARTS) is 1. The summed E-state index contributed by atoms with van der Waals surface area (Å²) in [4.78, 5) is 27.5. The van der Waals surface area contributed by atoms with Gasteiger partial charge in [0.25, 0.3) is 0 Å². The Morgan fingerprint density at radius 1 is 1.00 bits per heavy atom. The van der Waals surface area contributed by atoms with Gasteiger partial charge in [0.1, 0.15) is 11.3 Å². The summed E-state index contributed by atoms with van der Waals surface area (Å²) in [5.41, 5.74) is 7.49. The minimum atomic E-state index is -0.960. The maximum absolute atomic E-state index is 12.6. The van der Waals surface area contributed by atoms with Gasteiger partial charge in [-0.3, -0.25) is 4.90 Å². The van der Waals surface area contributed by atoms with Crippen LogP contribution in [0.25, 0.3) is 16.6 Å². The molecule has 11 heteroatoms. The van der Waals surface area contributed by atoms with E-state index in [1.54, 1.807) is 6.07 Å². The molecule has 0 saturated carbocycles. The van der Waals surface area contributed by atoms with E-state index in [0.29, 0.717) is 44.5 Å². The van der Waals surface area contributed by atoms with Crippen molar-refractivity contribution in [2.45, 2.75) is 51.7 Å². The number of aromatic amines is 1. The highest BCUT2D eigenvalue weighted by Crippen LogP contribution is 2.45. The molecule has 3 aliphatic heterocycles. The van der Waals surface area contributed by atoms with E-state index >= 15 is 0 Å². The van der Waals surface area contributed by atoms with Gasteiger partial charge in [0.15, 0.2) is 0 Å². The van der Waals surface area contributed by atoms with Crippen LogP contribution in [-0.2, 0) is 9.47 Å². The van der Waals surface area contributed by atoms with Crippen LogP contribution in [-0.4, -0.2) is 97.2 Å². The smallest absolute Gasteiger partial charge is 0.337 e. The molecule has 0 radical (unpaired) electrons. The van der Waals surface area contributed by atoms with Crippen molar-refractivity contribution in [1.29, 1.82) is 0 Å². The lowest BCUT2D eigenvalue weighted by atomic mass is 9.71. The highest BCUT2D eigenvalue weighted by atomic mass is 35.5. The number of pyridine rings is 1. The molecular formula is C40H46ClN5O5. The lowest BCUT2D eigenvalue weighted by Gasteiger charge is -2.45. The van der Waals surface area contributed by atoms with Crippen molar-refractivity contribution in [2.75, 3.05) is 69.0 Å². The van der Waals surface area contributed by atoms with Gasteiger partial charge < -0.3 is 34.1 Å². The second kappa shape index (κ2) is 14.1. The van der Waals surface area contributed by atoms with Crippen LogP contribution in [0, 0.1) is 5.41 Å². The molecule has 2 aromatic heterocycles. The standard InChI is InChI=1S/C40H46ClN5O5/c1-40(2)21-32(26-5-7-28(41)8-6-26)33-24-45-15-14-44(23-30(45)25-49-16-4-18-50-36(33)22-40)29-9-10-31(39(47)48)34(20-29)46-13-3-17-51-38-35(46)19-27-11-12-42-37(27)43-38/h5-12,19-20,30,36H,3-4,13-18,21-25H2,1-2H3,(H,42,43)(H,47,48)/t30-,36+/m0/s1. The van der Waals surface area contributed by atoms with Gasteiger partial charge in [-0.05, 0) is 90.3 Å². The first-order valence-electron chi connectivity index (χ1n) is 18.1. The van der Waals surface area contributed by atoms with E-state index in [-0.39, 0.29) is 23.1 Å². The molecule has 5 heterocycles. The first-order chi connectivity index (χ1) is 24.7. The van der Waals surface area contributed by atoms with Gasteiger partial charge >= 0.3 is 5.97 Å². The summed E-state index contributed by atoms with van der Waals surface area (Å²) in [7, 11) is 0. The largest absolute Gasteiger partial charge is 0.478 e. The van der Waals surface area contributed by atoms with E-state index in [1.807, 2.05) is 42.6 Å². The fourth-order valence-electron chi connectivity index (χ4n) is 8.23. The number of allylic oxidation sites excluding steroid dienone is 1. The number of hydrogen-bond donors (Lipinski definition) is 2. The summed E-state index contributed by atoms with van der Waals surface area (Å²) in [6.45, 7) is 11.0. The van der Waals surface area contributed by atoms with E-state index in [2.05, 4.69) is 45.7 Å². The Bertz CT molecular complexity index is 1940. The lowest BCUT2D eigenvalue weighted by Crippen LogP contribution is -2.56. The third-order valence-corrected chi connectivity index (χ3v) is 11.1. The van der Waals surface area contributed by atoms with Gasteiger partial charge in [0.2, 0.25) is 5.88 Å². The van der Waals surface area contributed by atoms with E-state index in [9.17, 15) is 9.90 Å². The predicted molar refractivity (Wildman–Crippen MR) is 201 cm³/mol. The van der Waals surface area contributed by atoms with Crippen molar-refractivity contribution in [2.24, 2.45) is 5.41 Å². The number of anilines is 3. The van der Waals surface area contributed by atoms with E-state index in [1.165, 1.54) is 16.7 Å². The zero-order valence-corrected chi connectivity index (χ0v) is 30.1. The average Bonchev–Trinajstić information content (AvgIpc) is 3.46. The number of halogens is 1. The van der Waals surface area contributed by atoms with Crippen LogP contribution in [0.3, 0.4) is 0 Å². The third kappa shape index (κ3) is 7.07. The van der Waals surface area contributed by atoms with Crippen LogP contribution in [0.4, 0.5) is 17.1 Å². The number of H-pyrrole nitrogens is 1. The van der Waals surface area contributed by atoms with Crippen molar-refractivity contribution < 1.29 is 24.1 Å². The maximum atomic E-state index is 12.6. The fourth-order valence-corrected chi connectivity index (χ4v) is 8.36. The van der Waals surface area contributed by atoms with Crippen molar-refractivity contribution in [3.05, 3.63) is 82.5 Å². The lowest BCUT2D eigenvalue weighted by molar-refractivity contribution is 0.0264. The molecule has 2 fully saturated rings. The Morgan fingerprint density at radius 2 is 1.86 bits per heavy atom. The summed E-state index contributed by atoms with van der Waals surface area (Å²) in [5, 5.41) is 12.0. The van der Waals surface area contributed by atoms with Crippen LogP contribution in [0.5, 0.6) is 5.88 Å². The van der Waals surface area contributed by atoms with E-state index in [4.69, 9.17) is 30.8 Å². The molecule has 0 spiro atoms. The number of ether oxygens (including phenoxy) is 3. The van der Waals surface area contributed by atoms with Crippen LogP contribution < -0.4 is 14.5 Å². The molecular weight excluding hydrogens is 666 g/mol.